The summed E-state index contributed by atoms with van der Waals surface area (Å²) in [6, 6.07) is 5.61. The number of benzene rings is 1. The number of anilines is 2. The zero-order valence-corrected chi connectivity index (χ0v) is 19.0. The first-order valence-electron chi connectivity index (χ1n) is 11.6. The van der Waals surface area contributed by atoms with Gasteiger partial charge in [0, 0.05) is 11.6 Å². The van der Waals surface area contributed by atoms with Gasteiger partial charge in [0.25, 0.3) is 5.91 Å². The summed E-state index contributed by atoms with van der Waals surface area (Å²) in [5.74, 6) is 1.94. The van der Waals surface area contributed by atoms with E-state index in [1.165, 1.54) is 0 Å². The molecule has 4 N–H and O–H groups in total. The lowest BCUT2D eigenvalue weighted by Crippen LogP contribution is -2.22. The highest BCUT2D eigenvalue weighted by molar-refractivity contribution is 6.14. The number of urea groups is 1. The molecule has 12 heteroatoms. The summed E-state index contributed by atoms with van der Waals surface area (Å²) in [5, 5.41) is 15.9. The summed E-state index contributed by atoms with van der Waals surface area (Å²) in [7, 11) is 0. The highest BCUT2D eigenvalue weighted by Gasteiger charge is 2.26. The quantitative estimate of drug-likeness (QED) is 0.298. The van der Waals surface area contributed by atoms with Crippen LogP contribution in [-0.4, -0.2) is 50.8 Å². The van der Waals surface area contributed by atoms with Gasteiger partial charge in [-0.2, -0.15) is 19.6 Å². The van der Waals surface area contributed by atoms with E-state index >= 15 is 0 Å². The maximum absolute atomic E-state index is 12.0. The average molecular weight is 476 g/mol. The third kappa shape index (κ3) is 4.18. The van der Waals surface area contributed by atoms with Crippen molar-refractivity contribution < 1.29 is 19.1 Å². The summed E-state index contributed by atoms with van der Waals surface area (Å²) >= 11 is 0. The summed E-state index contributed by atoms with van der Waals surface area (Å²) < 4.78 is 13.0. The van der Waals surface area contributed by atoms with Crippen LogP contribution in [-0.2, 0) is 4.79 Å². The van der Waals surface area contributed by atoms with E-state index in [1.54, 1.807) is 16.8 Å². The second-order valence-corrected chi connectivity index (χ2v) is 8.60. The summed E-state index contributed by atoms with van der Waals surface area (Å²) in [4.78, 5) is 32.9. The number of carbonyl (C=O) groups is 2. The number of ether oxygens (including phenoxy) is 2. The number of carbonyl (C=O) groups excluding carboxylic acids is 2. The first-order chi connectivity index (χ1) is 17.1. The molecular formula is C23H24N8O4. The summed E-state index contributed by atoms with van der Waals surface area (Å²) in [5.41, 5.74) is 2.24. The molecule has 1 aliphatic carbocycles. The molecule has 3 aromatic rings. The van der Waals surface area contributed by atoms with Crippen molar-refractivity contribution in [2.24, 2.45) is 0 Å². The second kappa shape index (κ2) is 8.46. The van der Waals surface area contributed by atoms with Gasteiger partial charge in [-0.05, 0) is 43.0 Å². The Hall–Kier alpha value is -4.35. The van der Waals surface area contributed by atoms with Crippen LogP contribution < -0.4 is 30.7 Å². The Kier molecular flexibility index (Phi) is 5.12. The highest BCUT2D eigenvalue weighted by Crippen LogP contribution is 2.34. The van der Waals surface area contributed by atoms with E-state index < -0.39 is 11.9 Å². The van der Waals surface area contributed by atoms with Crippen LogP contribution in [0.2, 0.25) is 0 Å². The fraction of sp³-hybridized carbons (Fsp3) is 0.348. The second-order valence-electron chi connectivity index (χ2n) is 8.60. The standard InChI is InChI=1S/C23H24N8O4/c1-2-15(12-3-6-17-18(10-12)35-8-7-34-17)26-21-28-19-13(9-16-20(32)29-23(33)27-16)11-24-31(19)22(30-21)25-14-4-5-14/h3,6,9-11,14-15H,2,4-5,7-8H2,1H3,(H2,25,26,28,30)(H2,27,29,32,33)/b16-9-. The molecule has 1 unspecified atom stereocenters. The first kappa shape index (κ1) is 21.2. The van der Waals surface area contributed by atoms with Gasteiger partial charge in [0.15, 0.2) is 17.1 Å². The number of hydrogen-bond donors (Lipinski definition) is 4. The minimum absolute atomic E-state index is 0.0772. The van der Waals surface area contributed by atoms with E-state index in [-0.39, 0.29) is 11.7 Å². The molecule has 12 nitrogen and oxygen atoms in total. The van der Waals surface area contributed by atoms with Crippen molar-refractivity contribution in [2.75, 3.05) is 23.8 Å². The third-order valence-electron chi connectivity index (χ3n) is 6.01. The van der Waals surface area contributed by atoms with Gasteiger partial charge in [-0.3, -0.25) is 10.1 Å². The molecule has 2 fully saturated rings. The molecule has 2 aromatic heterocycles. The molecule has 2 aliphatic heterocycles. The molecule has 0 spiro atoms. The molecule has 0 bridgehead atoms. The summed E-state index contributed by atoms with van der Waals surface area (Å²) in [6.07, 6.45) is 6.05. The van der Waals surface area contributed by atoms with Crippen LogP contribution >= 0.6 is 0 Å². The molecule has 1 atom stereocenters. The smallest absolute Gasteiger partial charge is 0.326 e. The van der Waals surface area contributed by atoms with Crippen LogP contribution in [0.3, 0.4) is 0 Å². The number of fused-ring (bicyclic) bond motifs is 2. The molecule has 3 amide bonds. The molecule has 1 saturated heterocycles. The Morgan fingerprint density at radius 3 is 2.74 bits per heavy atom. The van der Waals surface area contributed by atoms with Crippen LogP contribution in [0.4, 0.5) is 16.7 Å². The van der Waals surface area contributed by atoms with Crippen molar-refractivity contribution in [3.63, 3.8) is 0 Å². The Morgan fingerprint density at radius 1 is 1.17 bits per heavy atom. The Balaban J connectivity index is 1.36. The van der Waals surface area contributed by atoms with E-state index in [0.29, 0.717) is 42.4 Å². The van der Waals surface area contributed by atoms with Crippen molar-refractivity contribution in [2.45, 2.75) is 38.3 Å². The Labute approximate surface area is 200 Å². The van der Waals surface area contributed by atoms with Crippen LogP contribution in [0.1, 0.15) is 43.4 Å². The molecule has 4 heterocycles. The maximum atomic E-state index is 12.0. The lowest BCUT2D eigenvalue weighted by atomic mass is 10.0. The van der Waals surface area contributed by atoms with Gasteiger partial charge in [-0.1, -0.05) is 13.0 Å². The number of nitrogens with zero attached hydrogens (tertiary/aromatic N) is 4. The van der Waals surface area contributed by atoms with Gasteiger partial charge in [0.05, 0.1) is 12.2 Å². The van der Waals surface area contributed by atoms with Crippen molar-refractivity contribution in [3.8, 4) is 11.5 Å². The summed E-state index contributed by atoms with van der Waals surface area (Å²) in [6.45, 7) is 3.14. The number of aromatic nitrogens is 4. The van der Waals surface area contributed by atoms with E-state index in [9.17, 15) is 9.59 Å². The fourth-order valence-corrected chi connectivity index (χ4v) is 4.06. The Bertz CT molecular complexity index is 1360. The molecule has 180 valence electrons. The number of rotatable bonds is 7. The van der Waals surface area contributed by atoms with Crippen molar-refractivity contribution >= 4 is 35.6 Å². The normalized spacial score (nSPS) is 18.9. The molecule has 1 saturated carbocycles. The molecular weight excluding hydrogens is 452 g/mol. The zero-order valence-electron chi connectivity index (χ0n) is 19.0. The van der Waals surface area contributed by atoms with Gasteiger partial charge < -0.3 is 25.4 Å². The van der Waals surface area contributed by atoms with Crippen LogP contribution in [0, 0.1) is 0 Å². The van der Waals surface area contributed by atoms with Crippen molar-refractivity contribution in [1.82, 2.24) is 30.2 Å². The van der Waals surface area contributed by atoms with Crippen LogP contribution in [0.15, 0.2) is 30.1 Å². The molecule has 6 rings (SSSR count). The van der Waals surface area contributed by atoms with Crippen molar-refractivity contribution in [3.05, 3.63) is 41.2 Å². The zero-order chi connectivity index (χ0) is 23.9. The van der Waals surface area contributed by atoms with E-state index in [2.05, 4.69) is 33.3 Å². The van der Waals surface area contributed by atoms with Gasteiger partial charge in [-0.15, -0.1) is 0 Å². The van der Waals surface area contributed by atoms with Gasteiger partial charge in [0.2, 0.25) is 11.9 Å². The molecule has 1 aromatic carbocycles. The number of imide groups is 1. The lowest BCUT2D eigenvalue weighted by Gasteiger charge is -2.22. The largest absolute Gasteiger partial charge is 0.486 e. The van der Waals surface area contributed by atoms with Crippen LogP contribution in [0.25, 0.3) is 11.7 Å². The Morgan fingerprint density at radius 2 is 2.00 bits per heavy atom. The maximum Gasteiger partial charge on any atom is 0.326 e. The van der Waals surface area contributed by atoms with E-state index in [0.717, 1.165) is 36.3 Å². The number of nitrogens with one attached hydrogen (secondary N) is 4. The minimum atomic E-state index is -0.559. The highest BCUT2D eigenvalue weighted by atomic mass is 16.6. The monoisotopic (exact) mass is 476 g/mol. The van der Waals surface area contributed by atoms with E-state index in [1.807, 2.05) is 18.2 Å². The average Bonchev–Trinajstić information content (AvgIpc) is 3.50. The predicted octanol–water partition coefficient (Wildman–Crippen LogP) is 2.21. The molecule has 0 radical (unpaired) electrons. The fourth-order valence-electron chi connectivity index (χ4n) is 4.06. The van der Waals surface area contributed by atoms with Gasteiger partial charge in [-0.25, -0.2) is 4.79 Å². The first-order valence-corrected chi connectivity index (χ1v) is 11.6. The lowest BCUT2D eigenvalue weighted by molar-refractivity contribution is -0.115. The third-order valence-corrected chi connectivity index (χ3v) is 6.01. The van der Waals surface area contributed by atoms with Crippen molar-refractivity contribution in [1.29, 1.82) is 0 Å². The van der Waals surface area contributed by atoms with Gasteiger partial charge in [0.1, 0.15) is 18.9 Å². The topological polar surface area (TPSA) is 144 Å². The molecule has 3 aliphatic rings. The minimum Gasteiger partial charge on any atom is -0.486 e. The van der Waals surface area contributed by atoms with Gasteiger partial charge >= 0.3 is 6.03 Å². The number of hydrogen-bond acceptors (Lipinski definition) is 9. The SMILES string of the molecule is CCC(Nc1nc(NC2CC2)n2ncc(/C=C3\NC(=O)NC3=O)c2n1)c1ccc2c(c1)OCCO2. The van der Waals surface area contributed by atoms with E-state index in [4.69, 9.17) is 19.4 Å². The van der Waals surface area contributed by atoms with Crippen LogP contribution in [0.5, 0.6) is 11.5 Å². The number of amides is 3. The molecule has 35 heavy (non-hydrogen) atoms. The predicted molar refractivity (Wildman–Crippen MR) is 126 cm³/mol.